The molecule has 4 heteroatoms. The predicted molar refractivity (Wildman–Crippen MR) is 73.5 cm³/mol. The van der Waals surface area contributed by atoms with Gasteiger partial charge in [0.1, 0.15) is 5.75 Å². The molecule has 0 aliphatic carbocycles. The maximum absolute atomic E-state index is 12.0. The van der Waals surface area contributed by atoms with Crippen LogP contribution < -0.4 is 11.1 Å². The fourth-order valence-corrected chi connectivity index (χ4v) is 1.35. The van der Waals surface area contributed by atoms with Crippen LogP contribution >= 0.6 is 0 Å². The molecule has 18 heavy (non-hydrogen) atoms. The van der Waals surface area contributed by atoms with Gasteiger partial charge < -0.3 is 16.2 Å². The van der Waals surface area contributed by atoms with Crippen molar-refractivity contribution in [1.29, 1.82) is 0 Å². The summed E-state index contributed by atoms with van der Waals surface area (Å²) in [6, 6.07) is 4.37. The van der Waals surface area contributed by atoms with E-state index in [1.807, 2.05) is 0 Å². The number of nitrogen functional groups attached to an aromatic ring is 1. The smallest absolute Gasteiger partial charge is 0.253 e. The summed E-state index contributed by atoms with van der Waals surface area (Å²) in [6.07, 6.45) is 0. The van der Waals surface area contributed by atoms with Gasteiger partial charge in [-0.15, -0.1) is 0 Å². The molecule has 0 saturated carbocycles. The van der Waals surface area contributed by atoms with E-state index in [0.29, 0.717) is 23.7 Å². The first-order valence-corrected chi connectivity index (χ1v) is 6.10. The molecule has 100 valence electrons. The Kier molecular flexibility index (Phi) is 4.22. The molecule has 1 aromatic carbocycles. The van der Waals surface area contributed by atoms with E-state index in [0.717, 1.165) is 0 Å². The Labute approximate surface area is 108 Å². The molecule has 0 heterocycles. The predicted octanol–water partition coefficient (Wildman–Crippen LogP) is 2.39. The molecule has 0 aliphatic heterocycles. The molecule has 1 aromatic rings. The van der Waals surface area contributed by atoms with Gasteiger partial charge in [-0.2, -0.15) is 0 Å². The first kappa shape index (κ1) is 14.4. The number of carbonyl (C=O) groups excluding carboxylic acids is 1. The molecule has 0 fully saturated rings. The third-order valence-electron chi connectivity index (χ3n) is 3.55. The van der Waals surface area contributed by atoms with Crippen molar-refractivity contribution in [3.63, 3.8) is 0 Å². The van der Waals surface area contributed by atoms with Crippen molar-refractivity contribution in [1.82, 2.24) is 5.32 Å². The number of anilines is 1. The molecule has 0 bridgehead atoms. The SMILES string of the molecule is CC(C)C(C)(C)CNC(=O)c1cc(O)ccc1N. The summed E-state index contributed by atoms with van der Waals surface area (Å²) >= 11 is 0. The van der Waals surface area contributed by atoms with Crippen LogP contribution in [0.5, 0.6) is 5.75 Å². The Morgan fingerprint density at radius 3 is 2.61 bits per heavy atom. The summed E-state index contributed by atoms with van der Waals surface area (Å²) in [6.45, 7) is 9.01. The lowest BCUT2D eigenvalue weighted by molar-refractivity contribution is 0.0925. The van der Waals surface area contributed by atoms with Gasteiger partial charge in [-0.1, -0.05) is 27.7 Å². The number of nitrogens with two attached hydrogens (primary N) is 1. The molecular formula is C14H22N2O2. The minimum atomic E-state index is -0.253. The van der Waals surface area contributed by atoms with Crippen LogP contribution in [0.15, 0.2) is 18.2 Å². The standard InChI is InChI=1S/C14H22N2O2/c1-9(2)14(3,4)8-16-13(18)11-7-10(17)5-6-12(11)15/h5-7,9,17H,8,15H2,1-4H3,(H,16,18). The zero-order valence-corrected chi connectivity index (χ0v) is 11.4. The van der Waals surface area contributed by atoms with Gasteiger partial charge in [-0.05, 0) is 29.5 Å². The zero-order valence-electron chi connectivity index (χ0n) is 11.4. The summed E-state index contributed by atoms with van der Waals surface area (Å²) in [5, 5.41) is 12.2. The number of phenols is 1. The number of nitrogens with one attached hydrogen (secondary N) is 1. The van der Waals surface area contributed by atoms with Crippen LogP contribution in [0, 0.1) is 11.3 Å². The van der Waals surface area contributed by atoms with Gasteiger partial charge in [0.2, 0.25) is 0 Å². The van der Waals surface area contributed by atoms with E-state index < -0.39 is 0 Å². The molecule has 4 N–H and O–H groups in total. The van der Waals surface area contributed by atoms with Crippen LogP contribution in [0.4, 0.5) is 5.69 Å². The number of amides is 1. The van der Waals surface area contributed by atoms with Crippen molar-refractivity contribution < 1.29 is 9.90 Å². The molecule has 0 atom stereocenters. The number of aromatic hydroxyl groups is 1. The number of hydrogen-bond acceptors (Lipinski definition) is 3. The largest absolute Gasteiger partial charge is 0.508 e. The van der Waals surface area contributed by atoms with Gasteiger partial charge in [0.25, 0.3) is 5.91 Å². The average Bonchev–Trinajstić information content (AvgIpc) is 2.29. The van der Waals surface area contributed by atoms with Crippen LogP contribution in [0.2, 0.25) is 0 Å². The van der Waals surface area contributed by atoms with Crippen molar-refractivity contribution in [2.45, 2.75) is 27.7 Å². The van der Waals surface area contributed by atoms with Crippen molar-refractivity contribution in [2.75, 3.05) is 12.3 Å². The van der Waals surface area contributed by atoms with Crippen LogP contribution in [0.3, 0.4) is 0 Å². The van der Waals surface area contributed by atoms with E-state index >= 15 is 0 Å². The number of hydrogen-bond donors (Lipinski definition) is 3. The van der Waals surface area contributed by atoms with Crippen LogP contribution in [0.25, 0.3) is 0 Å². The van der Waals surface area contributed by atoms with E-state index in [4.69, 9.17) is 5.73 Å². The molecule has 0 aromatic heterocycles. The minimum Gasteiger partial charge on any atom is -0.508 e. The zero-order chi connectivity index (χ0) is 13.9. The van der Waals surface area contributed by atoms with Crippen molar-refractivity contribution in [3.8, 4) is 5.75 Å². The molecule has 0 spiro atoms. The molecule has 0 unspecified atom stereocenters. The summed E-state index contributed by atoms with van der Waals surface area (Å²) in [5.74, 6) is 0.244. The highest BCUT2D eigenvalue weighted by atomic mass is 16.3. The lowest BCUT2D eigenvalue weighted by Crippen LogP contribution is -2.37. The Morgan fingerprint density at radius 1 is 1.44 bits per heavy atom. The topological polar surface area (TPSA) is 75.3 Å². The van der Waals surface area contributed by atoms with E-state index in [1.165, 1.54) is 18.2 Å². The van der Waals surface area contributed by atoms with E-state index in [-0.39, 0.29) is 17.1 Å². The molecule has 4 nitrogen and oxygen atoms in total. The van der Waals surface area contributed by atoms with Gasteiger partial charge in [-0.25, -0.2) is 0 Å². The molecule has 0 aliphatic rings. The van der Waals surface area contributed by atoms with Crippen molar-refractivity contribution >= 4 is 11.6 Å². The fraction of sp³-hybridized carbons (Fsp3) is 0.500. The Bertz CT molecular complexity index is 439. The maximum atomic E-state index is 12.0. The van der Waals surface area contributed by atoms with Crippen LogP contribution in [-0.2, 0) is 0 Å². The lowest BCUT2D eigenvalue weighted by atomic mass is 9.81. The quantitative estimate of drug-likeness (QED) is 0.567. The van der Waals surface area contributed by atoms with Gasteiger partial charge in [-0.3, -0.25) is 4.79 Å². The average molecular weight is 250 g/mol. The lowest BCUT2D eigenvalue weighted by Gasteiger charge is -2.29. The molecule has 1 rings (SSSR count). The first-order valence-electron chi connectivity index (χ1n) is 6.10. The second-order valence-corrected chi connectivity index (χ2v) is 5.60. The number of benzene rings is 1. The molecule has 0 radical (unpaired) electrons. The highest BCUT2D eigenvalue weighted by Crippen LogP contribution is 2.25. The van der Waals surface area contributed by atoms with Crippen LogP contribution in [0.1, 0.15) is 38.1 Å². The van der Waals surface area contributed by atoms with E-state index in [2.05, 4.69) is 33.0 Å². The number of phenolic OH excluding ortho intramolecular Hbond substituents is 1. The minimum absolute atomic E-state index is 0.0151. The van der Waals surface area contributed by atoms with Gasteiger partial charge >= 0.3 is 0 Å². The van der Waals surface area contributed by atoms with Gasteiger partial charge in [0.15, 0.2) is 0 Å². The van der Waals surface area contributed by atoms with Gasteiger partial charge in [0, 0.05) is 12.2 Å². The summed E-state index contributed by atoms with van der Waals surface area (Å²) in [7, 11) is 0. The van der Waals surface area contributed by atoms with Gasteiger partial charge in [0.05, 0.1) is 5.56 Å². The Morgan fingerprint density at radius 2 is 2.06 bits per heavy atom. The third kappa shape index (κ3) is 3.39. The van der Waals surface area contributed by atoms with Crippen LogP contribution in [-0.4, -0.2) is 17.6 Å². The maximum Gasteiger partial charge on any atom is 0.253 e. The monoisotopic (exact) mass is 250 g/mol. The van der Waals surface area contributed by atoms with Crippen molar-refractivity contribution in [2.24, 2.45) is 11.3 Å². The highest BCUT2D eigenvalue weighted by Gasteiger charge is 2.23. The number of carbonyl (C=O) groups is 1. The second-order valence-electron chi connectivity index (χ2n) is 5.60. The Balaban J connectivity index is 2.75. The molecule has 0 saturated heterocycles. The van der Waals surface area contributed by atoms with E-state index in [1.54, 1.807) is 0 Å². The fourth-order valence-electron chi connectivity index (χ4n) is 1.35. The van der Waals surface area contributed by atoms with E-state index in [9.17, 15) is 9.90 Å². The Hall–Kier alpha value is -1.71. The first-order chi connectivity index (χ1) is 8.24. The molecular weight excluding hydrogens is 228 g/mol. The molecule has 1 amide bonds. The summed E-state index contributed by atoms with van der Waals surface area (Å²) in [4.78, 5) is 12.0. The number of rotatable bonds is 4. The summed E-state index contributed by atoms with van der Waals surface area (Å²) in [5.41, 5.74) is 6.42. The highest BCUT2D eigenvalue weighted by molar-refractivity contribution is 5.99. The third-order valence-corrected chi connectivity index (χ3v) is 3.55. The normalized spacial score (nSPS) is 11.6. The summed E-state index contributed by atoms with van der Waals surface area (Å²) < 4.78 is 0. The van der Waals surface area contributed by atoms with Crippen molar-refractivity contribution in [3.05, 3.63) is 23.8 Å². The second kappa shape index (κ2) is 5.29.